The quantitative estimate of drug-likeness (QED) is 0.531. The zero-order valence-corrected chi connectivity index (χ0v) is 14.3. The fourth-order valence-corrected chi connectivity index (χ4v) is 2.45. The van der Waals surface area contributed by atoms with Crippen LogP contribution in [0.2, 0.25) is 0 Å². The first-order chi connectivity index (χ1) is 12.1. The molecule has 25 heavy (non-hydrogen) atoms. The summed E-state index contributed by atoms with van der Waals surface area (Å²) in [4.78, 5) is 6.36. The van der Waals surface area contributed by atoms with Gasteiger partial charge in [0.25, 0.3) is 0 Å². The van der Waals surface area contributed by atoms with Crippen molar-refractivity contribution in [2.24, 2.45) is 10.7 Å². The van der Waals surface area contributed by atoms with E-state index < -0.39 is 0 Å². The maximum Gasteiger partial charge on any atom is 0.144 e. The molecule has 0 fully saturated rings. The van der Waals surface area contributed by atoms with Gasteiger partial charge in [0, 0.05) is 24.9 Å². The van der Waals surface area contributed by atoms with Gasteiger partial charge >= 0.3 is 0 Å². The van der Waals surface area contributed by atoms with Gasteiger partial charge in [-0.1, -0.05) is 0 Å². The molecule has 0 unspecified atom stereocenters. The number of hydrogen-bond donors (Lipinski definition) is 4. The zero-order valence-electron chi connectivity index (χ0n) is 14.3. The molecule has 7 heteroatoms. The van der Waals surface area contributed by atoms with Crippen molar-refractivity contribution in [3.05, 3.63) is 47.9 Å². The van der Waals surface area contributed by atoms with Gasteiger partial charge in [0.1, 0.15) is 5.76 Å². The molecule has 1 aliphatic rings. The predicted octanol–water partition coefficient (Wildman–Crippen LogP) is 1.35. The van der Waals surface area contributed by atoms with Crippen molar-refractivity contribution in [2.75, 3.05) is 37.8 Å². The third kappa shape index (κ3) is 4.91. The van der Waals surface area contributed by atoms with Gasteiger partial charge in [0.2, 0.25) is 0 Å². The van der Waals surface area contributed by atoms with E-state index in [1.807, 2.05) is 36.1 Å². The fraction of sp³-hybridized carbons (Fsp3) is 0.333. The van der Waals surface area contributed by atoms with Gasteiger partial charge in [-0.05, 0) is 37.3 Å². The number of nitrogens with one attached hydrogen (secondary N) is 1. The molecule has 1 aliphatic carbocycles. The molecule has 7 nitrogen and oxygen atoms in total. The highest BCUT2D eigenvalue weighted by Gasteiger charge is 2.15. The summed E-state index contributed by atoms with van der Waals surface area (Å²) in [6, 6.07) is 7.39. The second kappa shape index (κ2) is 9.00. The maximum atomic E-state index is 9.11. The van der Waals surface area contributed by atoms with Gasteiger partial charge in [-0.25, -0.2) is 4.99 Å². The molecular formula is C18H24N4O3. The Morgan fingerprint density at radius 1 is 1.12 bits per heavy atom. The van der Waals surface area contributed by atoms with Crippen LogP contribution in [0.3, 0.4) is 0 Å². The van der Waals surface area contributed by atoms with Crippen LogP contribution < -0.4 is 10.6 Å². The second-order valence-corrected chi connectivity index (χ2v) is 5.40. The molecule has 1 aromatic rings. The summed E-state index contributed by atoms with van der Waals surface area (Å²) in [5.41, 5.74) is 8.56. The smallest absolute Gasteiger partial charge is 0.144 e. The SMILES string of the molecule is CCOC1=CC(=Nc2ccc(N(CCO)CCO)cc2)C(=N)C=C1N. The first-order valence-corrected chi connectivity index (χ1v) is 8.15. The Bertz CT molecular complexity index is 687. The standard InChI is InChI=1S/C18H24N4O3/c1-2-25-18-12-17(15(19)11-16(18)20)21-13-3-5-14(6-4-13)22(7-9-23)8-10-24/h3-6,11-12,19,23-24H,2,7-10,20H2,1H3. The van der Waals surface area contributed by atoms with Crippen LogP contribution in [0.5, 0.6) is 0 Å². The van der Waals surface area contributed by atoms with Crippen LogP contribution in [0.4, 0.5) is 11.4 Å². The molecule has 0 radical (unpaired) electrons. The second-order valence-electron chi connectivity index (χ2n) is 5.40. The lowest BCUT2D eigenvalue weighted by atomic mass is 10.1. The summed E-state index contributed by atoms with van der Waals surface area (Å²) >= 11 is 0. The minimum Gasteiger partial charge on any atom is -0.492 e. The molecule has 134 valence electrons. The van der Waals surface area contributed by atoms with Crippen molar-refractivity contribution in [1.29, 1.82) is 5.41 Å². The molecule has 0 bridgehead atoms. The van der Waals surface area contributed by atoms with E-state index in [4.69, 9.17) is 26.1 Å². The summed E-state index contributed by atoms with van der Waals surface area (Å²) in [6.07, 6.45) is 3.20. The molecule has 0 atom stereocenters. The van der Waals surface area contributed by atoms with Crippen molar-refractivity contribution >= 4 is 22.8 Å². The van der Waals surface area contributed by atoms with Crippen molar-refractivity contribution in [1.82, 2.24) is 0 Å². The maximum absolute atomic E-state index is 9.11. The van der Waals surface area contributed by atoms with Gasteiger partial charge in [0.15, 0.2) is 0 Å². The van der Waals surface area contributed by atoms with Gasteiger partial charge < -0.3 is 25.6 Å². The summed E-state index contributed by atoms with van der Waals surface area (Å²) < 4.78 is 5.45. The Balaban J connectivity index is 2.22. The number of anilines is 1. The monoisotopic (exact) mass is 344 g/mol. The van der Waals surface area contributed by atoms with Crippen LogP contribution in [0.15, 0.2) is 52.9 Å². The minimum atomic E-state index is 0.0139. The molecule has 0 spiro atoms. The van der Waals surface area contributed by atoms with Gasteiger partial charge in [-0.2, -0.15) is 0 Å². The number of benzene rings is 1. The van der Waals surface area contributed by atoms with E-state index in [0.29, 0.717) is 42.6 Å². The predicted molar refractivity (Wildman–Crippen MR) is 99.6 cm³/mol. The molecule has 0 saturated heterocycles. The minimum absolute atomic E-state index is 0.0139. The fourth-order valence-electron chi connectivity index (χ4n) is 2.45. The van der Waals surface area contributed by atoms with Gasteiger partial charge in [-0.15, -0.1) is 0 Å². The van der Waals surface area contributed by atoms with Gasteiger partial charge in [-0.3, -0.25) is 5.41 Å². The molecule has 5 N–H and O–H groups in total. The number of allylic oxidation sites excluding steroid dienone is 2. The lowest BCUT2D eigenvalue weighted by Gasteiger charge is -2.22. The summed E-state index contributed by atoms with van der Waals surface area (Å²) in [7, 11) is 0. The van der Waals surface area contributed by atoms with Crippen molar-refractivity contribution in [3.63, 3.8) is 0 Å². The molecule has 0 aromatic heterocycles. The van der Waals surface area contributed by atoms with E-state index >= 15 is 0 Å². The Morgan fingerprint density at radius 3 is 2.32 bits per heavy atom. The van der Waals surface area contributed by atoms with Crippen molar-refractivity contribution in [2.45, 2.75) is 6.92 Å². The number of rotatable bonds is 8. The summed E-state index contributed by atoms with van der Waals surface area (Å²) in [6.45, 7) is 3.28. The van der Waals surface area contributed by atoms with Crippen LogP contribution in [0, 0.1) is 5.41 Å². The third-order valence-electron chi connectivity index (χ3n) is 3.63. The molecule has 0 heterocycles. The average molecular weight is 344 g/mol. The molecule has 0 amide bonds. The Morgan fingerprint density at radius 2 is 1.76 bits per heavy atom. The van der Waals surface area contributed by atoms with Crippen molar-refractivity contribution in [3.8, 4) is 0 Å². The first-order valence-electron chi connectivity index (χ1n) is 8.15. The first kappa shape index (κ1) is 18.7. The highest BCUT2D eigenvalue weighted by molar-refractivity contribution is 6.50. The van der Waals surface area contributed by atoms with Gasteiger partial charge in [0.05, 0.1) is 42.6 Å². The van der Waals surface area contributed by atoms with E-state index in [2.05, 4.69) is 4.99 Å². The number of nitrogens with zero attached hydrogens (tertiary/aromatic N) is 2. The Labute approximate surface area is 147 Å². The lowest BCUT2D eigenvalue weighted by Crippen LogP contribution is -2.29. The molecular weight excluding hydrogens is 320 g/mol. The zero-order chi connectivity index (χ0) is 18.2. The number of aliphatic hydroxyl groups excluding tert-OH is 2. The number of hydrogen-bond acceptors (Lipinski definition) is 7. The van der Waals surface area contributed by atoms with Crippen LogP contribution in [-0.2, 0) is 4.74 Å². The molecule has 1 aromatic carbocycles. The van der Waals surface area contributed by atoms with E-state index in [9.17, 15) is 0 Å². The van der Waals surface area contributed by atoms with Crippen LogP contribution in [0.25, 0.3) is 0 Å². The van der Waals surface area contributed by atoms with E-state index in [-0.39, 0.29) is 18.9 Å². The highest BCUT2D eigenvalue weighted by Crippen LogP contribution is 2.21. The normalized spacial score (nSPS) is 15.8. The number of nitrogens with two attached hydrogens (primary N) is 1. The average Bonchev–Trinajstić information content (AvgIpc) is 2.60. The number of ether oxygens (including phenoxy) is 1. The third-order valence-corrected chi connectivity index (χ3v) is 3.63. The Kier molecular flexibility index (Phi) is 6.73. The van der Waals surface area contributed by atoms with Crippen LogP contribution in [0.1, 0.15) is 6.92 Å². The van der Waals surface area contributed by atoms with Crippen LogP contribution >= 0.6 is 0 Å². The van der Waals surface area contributed by atoms with Crippen LogP contribution in [-0.4, -0.2) is 54.5 Å². The Hall–Kier alpha value is -2.64. The van der Waals surface area contributed by atoms with E-state index in [1.54, 1.807) is 6.08 Å². The topological polar surface area (TPSA) is 115 Å². The summed E-state index contributed by atoms with van der Waals surface area (Å²) in [5.74, 6) is 0.519. The molecule has 2 rings (SSSR count). The molecule has 0 saturated carbocycles. The summed E-state index contributed by atoms with van der Waals surface area (Å²) in [5, 5.41) is 26.2. The highest BCUT2D eigenvalue weighted by atomic mass is 16.5. The number of aliphatic hydroxyl groups is 2. The molecule has 0 aliphatic heterocycles. The van der Waals surface area contributed by atoms with E-state index in [1.165, 1.54) is 6.08 Å². The number of aliphatic imine (C=N–C) groups is 1. The van der Waals surface area contributed by atoms with Crippen molar-refractivity contribution < 1.29 is 14.9 Å². The lowest BCUT2D eigenvalue weighted by molar-refractivity contribution is 0.237. The largest absolute Gasteiger partial charge is 0.492 e. The van der Waals surface area contributed by atoms with E-state index in [0.717, 1.165) is 5.69 Å².